The summed E-state index contributed by atoms with van der Waals surface area (Å²) < 4.78 is 1.87. The van der Waals surface area contributed by atoms with Gasteiger partial charge in [0.05, 0.1) is 11.8 Å². The molecule has 2 amide bonds. The van der Waals surface area contributed by atoms with E-state index in [4.69, 9.17) is 0 Å². The zero-order valence-electron chi connectivity index (χ0n) is 18.9. The van der Waals surface area contributed by atoms with Gasteiger partial charge in [0.15, 0.2) is 11.0 Å². The van der Waals surface area contributed by atoms with Crippen molar-refractivity contribution >= 4 is 23.6 Å². The Hall–Kier alpha value is -2.35. The van der Waals surface area contributed by atoms with Crippen LogP contribution in [-0.2, 0) is 11.8 Å². The van der Waals surface area contributed by atoms with Crippen LogP contribution in [-0.4, -0.2) is 38.4 Å². The largest absolute Gasteiger partial charge is 0.353 e. The van der Waals surface area contributed by atoms with Crippen LogP contribution in [0.2, 0.25) is 0 Å². The summed E-state index contributed by atoms with van der Waals surface area (Å²) in [7, 11) is 1.88. The summed E-state index contributed by atoms with van der Waals surface area (Å²) in [5.74, 6) is 1.03. The molecule has 1 saturated carbocycles. The van der Waals surface area contributed by atoms with Gasteiger partial charge >= 0.3 is 0 Å². The third-order valence-corrected chi connectivity index (χ3v) is 6.70. The van der Waals surface area contributed by atoms with Gasteiger partial charge in [-0.1, -0.05) is 62.6 Å². The molecule has 8 heteroatoms. The first-order valence-electron chi connectivity index (χ1n) is 11.0. The van der Waals surface area contributed by atoms with E-state index in [9.17, 15) is 9.59 Å². The Bertz CT molecular complexity index is 905. The number of thioether (sulfide) groups is 1. The van der Waals surface area contributed by atoms with Gasteiger partial charge in [-0.05, 0) is 37.8 Å². The number of rotatable bonds is 8. The van der Waals surface area contributed by atoms with Crippen molar-refractivity contribution in [2.75, 3.05) is 5.75 Å². The molecule has 0 saturated heterocycles. The molecule has 2 aromatic rings. The smallest absolute Gasteiger partial charge is 0.251 e. The van der Waals surface area contributed by atoms with Crippen molar-refractivity contribution in [2.24, 2.45) is 13.0 Å². The number of carbonyl (C=O) groups excluding carboxylic acids is 2. The molecule has 31 heavy (non-hydrogen) atoms. The monoisotopic (exact) mass is 443 g/mol. The van der Waals surface area contributed by atoms with Gasteiger partial charge in [-0.3, -0.25) is 9.59 Å². The SMILES string of the molecule is Cc1cccc(C(=O)N[C@H](c2nnc(SCC(=O)NC3CCCCC3)n2C)C(C)C)c1. The van der Waals surface area contributed by atoms with E-state index in [0.29, 0.717) is 28.3 Å². The maximum atomic E-state index is 12.8. The molecule has 168 valence electrons. The molecule has 0 bridgehead atoms. The van der Waals surface area contributed by atoms with Crippen molar-refractivity contribution in [1.82, 2.24) is 25.4 Å². The molecule has 1 aromatic heterocycles. The summed E-state index contributed by atoms with van der Waals surface area (Å²) in [6, 6.07) is 7.55. The van der Waals surface area contributed by atoms with Crippen molar-refractivity contribution in [2.45, 2.75) is 70.1 Å². The van der Waals surface area contributed by atoms with Crippen LogP contribution >= 0.6 is 11.8 Å². The topological polar surface area (TPSA) is 88.9 Å². The van der Waals surface area contributed by atoms with Crippen LogP contribution in [0.4, 0.5) is 0 Å². The van der Waals surface area contributed by atoms with Crippen molar-refractivity contribution in [3.8, 4) is 0 Å². The maximum absolute atomic E-state index is 12.8. The van der Waals surface area contributed by atoms with E-state index in [0.717, 1.165) is 18.4 Å². The third-order valence-electron chi connectivity index (χ3n) is 5.68. The summed E-state index contributed by atoms with van der Waals surface area (Å²) in [4.78, 5) is 25.1. The summed E-state index contributed by atoms with van der Waals surface area (Å²) in [6.45, 7) is 6.05. The predicted octanol–water partition coefficient (Wildman–Crippen LogP) is 3.79. The fraction of sp³-hybridized carbons (Fsp3) is 0.565. The molecule has 1 aromatic carbocycles. The van der Waals surface area contributed by atoms with E-state index in [1.54, 1.807) is 0 Å². The molecule has 0 aliphatic heterocycles. The highest BCUT2D eigenvalue weighted by Gasteiger charge is 2.25. The highest BCUT2D eigenvalue weighted by Crippen LogP contribution is 2.25. The minimum atomic E-state index is -0.282. The Morgan fingerprint density at radius 1 is 1.19 bits per heavy atom. The zero-order valence-corrected chi connectivity index (χ0v) is 19.7. The first-order valence-corrected chi connectivity index (χ1v) is 12.0. The van der Waals surface area contributed by atoms with E-state index >= 15 is 0 Å². The van der Waals surface area contributed by atoms with Crippen molar-refractivity contribution in [3.63, 3.8) is 0 Å². The fourth-order valence-corrected chi connectivity index (χ4v) is 4.64. The first-order chi connectivity index (χ1) is 14.8. The number of hydrogen-bond donors (Lipinski definition) is 2. The quantitative estimate of drug-likeness (QED) is 0.606. The number of aromatic nitrogens is 3. The molecule has 1 heterocycles. The zero-order chi connectivity index (χ0) is 22.4. The summed E-state index contributed by atoms with van der Waals surface area (Å²) >= 11 is 1.38. The molecule has 0 spiro atoms. The number of benzene rings is 1. The lowest BCUT2D eigenvalue weighted by Gasteiger charge is -2.22. The second-order valence-corrected chi connectivity index (χ2v) is 9.60. The molecule has 2 N–H and O–H groups in total. The molecule has 0 unspecified atom stereocenters. The van der Waals surface area contributed by atoms with Gasteiger partial charge in [0.1, 0.15) is 0 Å². The summed E-state index contributed by atoms with van der Waals surface area (Å²) in [5.41, 5.74) is 1.67. The highest BCUT2D eigenvalue weighted by molar-refractivity contribution is 7.99. The second kappa shape index (κ2) is 10.8. The lowest BCUT2D eigenvalue weighted by Crippen LogP contribution is -2.37. The minimum absolute atomic E-state index is 0.0367. The van der Waals surface area contributed by atoms with E-state index in [1.165, 1.54) is 31.0 Å². The standard InChI is InChI=1S/C23H33N5O2S/c1-15(2)20(25-22(30)17-10-8-9-16(3)13-17)21-26-27-23(28(21)4)31-14-19(29)24-18-11-6-5-7-12-18/h8-10,13,15,18,20H,5-7,11-12,14H2,1-4H3,(H,24,29)(H,25,30)/t20-/m0/s1. The van der Waals surface area contributed by atoms with Crippen LogP contribution in [0.25, 0.3) is 0 Å². The Balaban J connectivity index is 1.63. The van der Waals surface area contributed by atoms with Crippen LogP contribution in [0.15, 0.2) is 29.4 Å². The van der Waals surface area contributed by atoms with Crippen LogP contribution in [0.3, 0.4) is 0 Å². The first kappa shape index (κ1) is 23.3. The summed E-state index contributed by atoms with van der Waals surface area (Å²) in [6.07, 6.45) is 5.79. The van der Waals surface area contributed by atoms with Gasteiger partial charge in [-0.25, -0.2) is 0 Å². The molecule has 0 radical (unpaired) electrons. The van der Waals surface area contributed by atoms with Crippen LogP contribution in [0, 0.1) is 12.8 Å². The Labute approximate surface area is 188 Å². The van der Waals surface area contributed by atoms with Gasteiger partial charge in [0.2, 0.25) is 5.91 Å². The molecular formula is C23H33N5O2S. The highest BCUT2D eigenvalue weighted by atomic mass is 32.2. The minimum Gasteiger partial charge on any atom is -0.353 e. The Morgan fingerprint density at radius 3 is 2.61 bits per heavy atom. The van der Waals surface area contributed by atoms with Gasteiger partial charge < -0.3 is 15.2 Å². The van der Waals surface area contributed by atoms with E-state index in [2.05, 4.69) is 20.8 Å². The van der Waals surface area contributed by atoms with Gasteiger partial charge in [-0.2, -0.15) is 0 Å². The van der Waals surface area contributed by atoms with Crippen molar-refractivity contribution in [3.05, 3.63) is 41.2 Å². The number of nitrogens with zero attached hydrogens (tertiary/aromatic N) is 3. The van der Waals surface area contributed by atoms with Crippen LogP contribution in [0.1, 0.15) is 73.7 Å². The predicted molar refractivity (Wildman–Crippen MR) is 123 cm³/mol. The van der Waals surface area contributed by atoms with E-state index in [-0.39, 0.29) is 23.8 Å². The molecule has 1 fully saturated rings. The molecule has 3 rings (SSSR count). The fourth-order valence-electron chi connectivity index (χ4n) is 3.91. The lowest BCUT2D eigenvalue weighted by molar-refractivity contribution is -0.119. The summed E-state index contributed by atoms with van der Waals surface area (Å²) in [5, 5.41) is 15.5. The normalized spacial score (nSPS) is 15.6. The van der Waals surface area contributed by atoms with E-state index < -0.39 is 0 Å². The molecule has 1 aliphatic rings. The maximum Gasteiger partial charge on any atom is 0.251 e. The average molecular weight is 444 g/mol. The molecule has 1 aliphatic carbocycles. The number of amides is 2. The van der Waals surface area contributed by atoms with Crippen molar-refractivity contribution in [1.29, 1.82) is 0 Å². The number of carbonyl (C=O) groups is 2. The number of nitrogens with one attached hydrogen (secondary N) is 2. The van der Waals surface area contributed by atoms with Gasteiger partial charge in [-0.15, -0.1) is 10.2 Å². The number of aryl methyl sites for hydroxylation is 1. The molecule has 7 nitrogen and oxygen atoms in total. The molecule has 1 atom stereocenters. The Morgan fingerprint density at radius 2 is 1.94 bits per heavy atom. The van der Waals surface area contributed by atoms with Crippen LogP contribution in [0.5, 0.6) is 0 Å². The van der Waals surface area contributed by atoms with Crippen molar-refractivity contribution < 1.29 is 9.59 Å². The average Bonchev–Trinajstić information content (AvgIpc) is 3.11. The Kier molecular flexibility index (Phi) is 8.12. The number of hydrogen-bond acceptors (Lipinski definition) is 5. The third kappa shape index (κ3) is 6.32. The van der Waals surface area contributed by atoms with Gasteiger partial charge in [0, 0.05) is 18.7 Å². The van der Waals surface area contributed by atoms with Gasteiger partial charge in [0.25, 0.3) is 5.91 Å². The second-order valence-electron chi connectivity index (χ2n) is 8.66. The lowest BCUT2D eigenvalue weighted by atomic mass is 9.95. The van der Waals surface area contributed by atoms with Crippen LogP contribution < -0.4 is 10.6 Å². The molecular weight excluding hydrogens is 410 g/mol. The van der Waals surface area contributed by atoms with E-state index in [1.807, 2.05) is 56.7 Å².